The third-order valence-electron chi connectivity index (χ3n) is 8.15. The number of fused-ring (bicyclic) bond motifs is 1. The first kappa shape index (κ1) is 26.2. The molecule has 2 aromatic carbocycles. The molecule has 0 saturated heterocycles. The summed E-state index contributed by atoms with van der Waals surface area (Å²) in [6, 6.07) is 15.5. The molecule has 1 aromatic heterocycles. The second-order valence-electron chi connectivity index (χ2n) is 10.8. The number of phenolic OH excluding ortho intramolecular Hbond substituents is 1. The molecule has 1 N–H and O–H groups in total. The summed E-state index contributed by atoms with van der Waals surface area (Å²) in [6.45, 7) is 2.63. The van der Waals surface area contributed by atoms with Crippen LogP contribution in [0.15, 0.2) is 41.4 Å². The summed E-state index contributed by atoms with van der Waals surface area (Å²) < 4.78 is 12.4. The van der Waals surface area contributed by atoms with Crippen LogP contribution in [0, 0.1) is 18.9 Å². The summed E-state index contributed by atoms with van der Waals surface area (Å²) >= 11 is 0. The maximum Gasteiger partial charge on any atom is 0.217 e. The van der Waals surface area contributed by atoms with E-state index in [4.69, 9.17) is 14.5 Å². The van der Waals surface area contributed by atoms with E-state index < -0.39 is 0 Å². The molecule has 198 valence electrons. The smallest absolute Gasteiger partial charge is 0.217 e. The first-order valence-corrected chi connectivity index (χ1v) is 13.7. The van der Waals surface area contributed by atoms with E-state index in [1.165, 1.54) is 69.8 Å². The Morgan fingerprint density at radius 1 is 0.946 bits per heavy atom. The average Bonchev–Trinajstić information content (AvgIpc) is 3.41. The third-order valence-corrected chi connectivity index (χ3v) is 8.15. The number of phenols is 1. The zero-order valence-corrected chi connectivity index (χ0v) is 23.7. The first-order valence-electron chi connectivity index (χ1n) is 13.7. The van der Waals surface area contributed by atoms with Crippen molar-refractivity contribution >= 4 is 16.8 Å². The zero-order valence-electron chi connectivity index (χ0n) is 21.4. The van der Waals surface area contributed by atoms with E-state index in [1.807, 2.05) is 25.1 Å². The fourth-order valence-electron chi connectivity index (χ4n) is 6.22. The van der Waals surface area contributed by atoms with Gasteiger partial charge in [-0.25, -0.2) is 4.98 Å². The van der Waals surface area contributed by atoms with E-state index in [0.29, 0.717) is 41.5 Å². The van der Waals surface area contributed by atoms with E-state index >= 15 is 0 Å². The van der Waals surface area contributed by atoms with E-state index in [1.54, 1.807) is 6.07 Å². The molecule has 3 aromatic rings. The second kappa shape index (κ2) is 11.6. The molecule has 2 aliphatic carbocycles. The molecule has 0 radical (unpaired) electrons. The third kappa shape index (κ3) is 5.87. The molecule has 2 saturated carbocycles. The number of rotatable bonds is 5. The van der Waals surface area contributed by atoms with Crippen LogP contribution in [0.2, 0.25) is 0 Å². The molecule has 0 unspecified atom stereocenters. The van der Waals surface area contributed by atoms with Crippen molar-refractivity contribution in [3.8, 4) is 17.4 Å². The van der Waals surface area contributed by atoms with E-state index in [-0.39, 0.29) is 32.9 Å². The van der Waals surface area contributed by atoms with Crippen LogP contribution in [0.5, 0.6) is 17.4 Å². The normalized spacial score (nSPS) is 20.8. The Kier molecular flexibility index (Phi) is 8.19. The quantitative estimate of drug-likeness (QED) is 0.282. The molecule has 1 atom stereocenters. The van der Waals surface area contributed by atoms with Gasteiger partial charge in [0.25, 0.3) is 0 Å². The summed E-state index contributed by atoms with van der Waals surface area (Å²) in [5.74, 6) is 3.08. The maximum absolute atomic E-state index is 10.4. The SMILES string of the molecule is Cc1cc(O)c2nc(Oc3[c-]c(C4=N[C@@H](C5CCCCC5)CO4)cc(C4CCCCC4)c3)ccc2c1.[Pt]. The second-order valence-corrected chi connectivity index (χ2v) is 10.8. The van der Waals surface area contributed by atoms with Crippen LogP contribution in [0.25, 0.3) is 10.9 Å². The number of aryl methyl sites for hydroxylation is 1. The van der Waals surface area contributed by atoms with Crippen molar-refractivity contribution in [2.24, 2.45) is 10.9 Å². The Labute approximate surface area is 234 Å². The van der Waals surface area contributed by atoms with Gasteiger partial charge in [0, 0.05) is 38.3 Å². The van der Waals surface area contributed by atoms with Crippen molar-refractivity contribution in [3.05, 3.63) is 59.2 Å². The van der Waals surface area contributed by atoms with Gasteiger partial charge < -0.3 is 14.6 Å². The largest absolute Gasteiger partial charge is 0.518 e. The fourth-order valence-corrected chi connectivity index (χ4v) is 6.22. The van der Waals surface area contributed by atoms with Gasteiger partial charge in [-0.2, -0.15) is 0 Å². The molecule has 1 aliphatic heterocycles. The Hall–Kier alpha value is -2.39. The molecular weight excluding hydrogens is 643 g/mol. The van der Waals surface area contributed by atoms with Gasteiger partial charge in [0.05, 0.1) is 12.6 Å². The van der Waals surface area contributed by atoms with Crippen molar-refractivity contribution in [3.63, 3.8) is 0 Å². The minimum atomic E-state index is 0. The van der Waals surface area contributed by atoms with Gasteiger partial charge in [-0.1, -0.05) is 56.2 Å². The number of aliphatic imine (C=N–C) groups is 1. The number of hydrogen-bond donors (Lipinski definition) is 1. The van der Waals surface area contributed by atoms with Gasteiger partial charge in [0.2, 0.25) is 5.88 Å². The molecule has 2 fully saturated rings. The van der Waals surface area contributed by atoms with Gasteiger partial charge >= 0.3 is 0 Å². The van der Waals surface area contributed by atoms with E-state index in [9.17, 15) is 5.11 Å². The Bertz CT molecular complexity index is 1280. The standard InChI is InChI=1S/C31H35N2O3.Pt/c1-20-14-23-12-13-29(33-30(23)28(34)15-20)36-26-17-24(21-8-4-2-5-9-21)16-25(18-26)31-32-27(19-35-31)22-10-6-3-7-11-22;/h12-17,21-22,27,34H,2-11,19H2,1H3;/q-1;/t27-;/m1./s1. The monoisotopic (exact) mass is 678 g/mol. The van der Waals surface area contributed by atoms with E-state index in [2.05, 4.69) is 23.2 Å². The van der Waals surface area contributed by atoms with Crippen LogP contribution < -0.4 is 4.74 Å². The van der Waals surface area contributed by atoms with Gasteiger partial charge in [-0.3, -0.25) is 4.99 Å². The predicted octanol–water partition coefficient (Wildman–Crippen LogP) is 7.61. The molecule has 3 aliphatic rings. The minimum absolute atomic E-state index is 0. The molecule has 0 amide bonds. The summed E-state index contributed by atoms with van der Waals surface area (Å²) in [4.78, 5) is 9.64. The van der Waals surface area contributed by atoms with Gasteiger partial charge in [-0.05, 0) is 68.2 Å². The summed E-state index contributed by atoms with van der Waals surface area (Å²) in [7, 11) is 0. The van der Waals surface area contributed by atoms with Crippen molar-refractivity contribution in [2.75, 3.05) is 6.61 Å². The van der Waals surface area contributed by atoms with Crippen LogP contribution in [-0.2, 0) is 25.8 Å². The van der Waals surface area contributed by atoms with Gasteiger partial charge in [0.1, 0.15) is 17.2 Å². The number of aromatic nitrogens is 1. The van der Waals surface area contributed by atoms with Gasteiger partial charge in [-0.15, -0.1) is 11.6 Å². The van der Waals surface area contributed by atoms with Crippen LogP contribution in [0.1, 0.15) is 86.8 Å². The first-order chi connectivity index (χ1) is 17.6. The Balaban J connectivity index is 0.00000280. The number of nitrogens with zero attached hydrogens (tertiary/aromatic N) is 2. The molecule has 0 bridgehead atoms. The van der Waals surface area contributed by atoms with Crippen LogP contribution in [0.4, 0.5) is 0 Å². The molecule has 0 spiro atoms. The molecule has 6 rings (SSSR count). The van der Waals surface area contributed by atoms with Crippen LogP contribution >= 0.6 is 0 Å². The summed E-state index contributed by atoms with van der Waals surface area (Å²) in [6.07, 6.45) is 12.7. The number of benzene rings is 2. The molecule has 37 heavy (non-hydrogen) atoms. The van der Waals surface area contributed by atoms with Crippen molar-refractivity contribution in [1.29, 1.82) is 0 Å². The molecular formula is C31H35N2O3Pt-. The Morgan fingerprint density at radius 2 is 1.70 bits per heavy atom. The van der Waals surface area contributed by atoms with Gasteiger partial charge in [0.15, 0.2) is 0 Å². The Morgan fingerprint density at radius 3 is 2.49 bits per heavy atom. The van der Waals surface area contributed by atoms with Crippen LogP contribution in [-0.4, -0.2) is 28.6 Å². The van der Waals surface area contributed by atoms with Crippen LogP contribution in [0.3, 0.4) is 0 Å². The van der Waals surface area contributed by atoms with Crippen molar-refractivity contribution < 1.29 is 35.6 Å². The van der Waals surface area contributed by atoms with Crippen molar-refractivity contribution in [1.82, 2.24) is 4.98 Å². The molecule has 2 heterocycles. The average molecular weight is 679 g/mol. The zero-order chi connectivity index (χ0) is 24.5. The maximum atomic E-state index is 10.4. The topological polar surface area (TPSA) is 63.9 Å². The van der Waals surface area contributed by atoms with E-state index in [0.717, 1.165) is 16.5 Å². The molecule has 5 nitrogen and oxygen atoms in total. The predicted molar refractivity (Wildman–Crippen MR) is 142 cm³/mol. The number of hydrogen-bond acceptors (Lipinski definition) is 5. The number of pyridine rings is 1. The number of aromatic hydroxyl groups is 1. The summed E-state index contributed by atoms with van der Waals surface area (Å²) in [5, 5.41) is 11.3. The number of ether oxygens (including phenoxy) is 2. The summed E-state index contributed by atoms with van der Waals surface area (Å²) in [5.41, 5.74) is 3.69. The van der Waals surface area contributed by atoms with Crippen molar-refractivity contribution in [2.45, 2.75) is 83.1 Å². The molecule has 6 heteroatoms. The fraction of sp³-hybridized carbons (Fsp3) is 0.484. The minimum Gasteiger partial charge on any atom is -0.518 e.